The van der Waals surface area contributed by atoms with Gasteiger partial charge >= 0.3 is 0 Å². The standard InChI is InChI=1S/C12H24N2O2/c1-8(2)11-10(5-4-6-16-11)7-14-12(15)9(3)13/h8-11H,4-7,13H2,1-3H3,(H,14,15)/t9-,10?,11?/m0/s1. The lowest BCUT2D eigenvalue weighted by Gasteiger charge is -2.34. The third-order valence-corrected chi connectivity index (χ3v) is 3.10. The average Bonchev–Trinajstić information content (AvgIpc) is 2.25. The van der Waals surface area contributed by atoms with Crippen LogP contribution < -0.4 is 11.1 Å². The Hall–Kier alpha value is -0.610. The van der Waals surface area contributed by atoms with Crippen LogP contribution in [-0.4, -0.2) is 31.2 Å². The van der Waals surface area contributed by atoms with Crippen LogP contribution in [0.4, 0.5) is 0 Å². The molecule has 1 heterocycles. The fourth-order valence-corrected chi connectivity index (χ4v) is 2.21. The molecule has 0 aliphatic carbocycles. The predicted molar refractivity (Wildman–Crippen MR) is 64.0 cm³/mol. The van der Waals surface area contributed by atoms with Crippen molar-refractivity contribution in [3.8, 4) is 0 Å². The average molecular weight is 228 g/mol. The molecule has 1 amide bonds. The minimum atomic E-state index is -0.429. The van der Waals surface area contributed by atoms with Gasteiger partial charge in [0.15, 0.2) is 0 Å². The number of carbonyl (C=O) groups is 1. The van der Waals surface area contributed by atoms with Gasteiger partial charge < -0.3 is 15.8 Å². The first-order valence-electron chi connectivity index (χ1n) is 6.17. The SMILES string of the molecule is CC(C)C1OCCCC1CNC(=O)[C@H](C)N. The van der Waals surface area contributed by atoms with Crippen molar-refractivity contribution < 1.29 is 9.53 Å². The smallest absolute Gasteiger partial charge is 0.236 e. The number of carbonyl (C=O) groups excluding carboxylic acids is 1. The number of hydrogen-bond acceptors (Lipinski definition) is 3. The molecule has 1 fully saturated rings. The van der Waals surface area contributed by atoms with E-state index in [2.05, 4.69) is 19.2 Å². The van der Waals surface area contributed by atoms with Crippen molar-refractivity contribution in [2.45, 2.75) is 45.8 Å². The summed E-state index contributed by atoms with van der Waals surface area (Å²) >= 11 is 0. The molecule has 0 saturated carbocycles. The molecular formula is C12H24N2O2. The van der Waals surface area contributed by atoms with E-state index in [1.54, 1.807) is 6.92 Å². The summed E-state index contributed by atoms with van der Waals surface area (Å²) in [7, 11) is 0. The lowest BCUT2D eigenvalue weighted by atomic mass is 9.87. The molecule has 4 nitrogen and oxygen atoms in total. The Labute approximate surface area is 97.9 Å². The third kappa shape index (κ3) is 3.76. The molecule has 0 aromatic carbocycles. The van der Waals surface area contributed by atoms with Crippen molar-refractivity contribution in [2.24, 2.45) is 17.6 Å². The van der Waals surface area contributed by atoms with Crippen LogP contribution >= 0.6 is 0 Å². The van der Waals surface area contributed by atoms with E-state index in [1.165, 1.54) is 0 Å². The van der Waals surface area contributed by atoms with Crippen LogP contribution in [-0.2, 0) is 9.53 Å². The van der Waals surface area contributed by atoms with Crippen LogP contribution in [0.15, 0.2) is 0 Å². The van der Waals surface area contributed by atoms with Crippen LogP contribution in [0.5, 0.6) is 0 Å². The van der Waals surface area contributed by atoms with Crippen LogP contribution in [0.3, 0.4) is 0 Å². The fraction of sp³-hybridized carbons (Fsp3) is 0.917. The second-order valence-electron chi connectivity index (χ2n) is 5.02. The van der Waals surface area contributed by atoms with Gasteiger partial charge in [0, 0.05) is 19.1 Å². The minimum absolute atomic E-state index is 0.0759. The molecule has 0 spiro atoms. The summed E-state index contributed by atoms with van der Waals surface area (Å²) in [5.74, 6) is 0.849. The molecule has 3 atom stereocenters. The molecule has 16 heavy (non-hydrogen) atoms. The highest BCUT2D eigenvalue weighted by atomic mass is 16.5. The summed E-state index contributed by atoms with van der Waals surface area (Å²) in [6.45, 7) is 7.56. The Bertz CT molecular complexity index is 229. The van der Waals surface area contributed by atoms with Crippen LogP contribution in [0.2, 0.25) is 0 Å². The molecule has 1 aliphatic rings. The lowest BCUT2D eigenvalue weighted by molar-refractivity contribution is -0.123. The van der Waals surface area contributed by atoms with Crippen LogP contribution in [0.25, 0.3) is 0 Å². The molecule has 4 heteroatoms. The molecule has 0 aromatic heterocycles. The Kier molecular flexibility index (Phi) is 5.22. The maximum Gasteiger partial charge on any atom is 0.236 e. The highest BCUT2D eigenvalue weighted by Crippen LogP contribution is 2.25. The second-order valence-corrected chi connectivity index (χ2v) is 5.02. The highest BCUT2D eigenvalue weighted by molar-refractivity contribution is 5.80. The van der Waals surface area contributed by atoms with Crippen molar-refractivity contribution in [3.05, 3.63) is 0 Å². The van der Waals surface area contributed by atoms with Crippen molar-refractivity contribution in [1.29, 1.82) is 0 Å². The van der Waals surface area contributed by atoms with E-state index in [4.69, 9.17) is 10.5 Å². The highest BCUT2D eigenvalue weighted by Gasteiger charge is 2.28. The van der Waals surface area contributed by atoms with Crippen LogP contribution in [0, 0.1) is 11.8 Å². The van der Waals surface area contributed by atoms with E-state index in [-0.39, 0.29) is 12.0 Å². The predicted octanol–water partition coefficient (Wildman–Crippen LogP) is 0.901. The van der Waals surface area contributed by atoms with Crippen molar-refractivity contribution >= 4 is 5.91 Å². The van der Waals surface area contributed by atoms with E-state index in [9.17, 15) is 4.79 Å². The van der Waals surface area contributed by atoms with Gasteiger partial charge in [0.25, 0.3) is 0 Å². The molecule has 1 aliphatic heterocycles. The summed E-state index contributed by atoms with van der Waals surface area (Å²) in [5, 5.41) is 2.89. The van der Waals surface area contributed by atoms with E-state index < -0.39 is 6.04 Å². The van der Waals surface area contributed by atoms with Gasteiger partial charge in [-0.25, -0.2) is 0 Å². The van der Waals surface area contributed by atoms with Gasteiger partial charge in [-0.2, -0.15) is 0 Å². The number of nitrogens with one attached hydrogen (secondary N) is 1. The molecule has 0 bridgehead atoms. The van der Waals surface area contributed by atoms with Crippen molar-refractivity contribution in [2.75, 3.05) is 13.2 Å². The van der Waals surface area contributed by atoms with E-state index in [1.807, 2.05) is 0 Å². The number of ether oxygens (including phenoxy) is 1. The van der Waals surface area contributed by atoms with Crippen molar-refractivity contribution in [1.82, 2.24) is 5.32 Å². The van der Waals surface area contributed by atoms with Gasteiger partial charge in [-0.05, 0) is 25.7 Å². The maximum absolute atomic E-state index is 11.4. The zero-order valence-corrected chi connectivity index (χ0v) is 10.5. The summed E-state index contributed by atoms with van der Waals surface area (Å²) in [5.41, 5.74) is 5.50. The van der Waals surface area contributed by atoms with Gasteiger partial charge in [0.05, 0.1) is 12.1 Å². The summed E-state index contributed by atoms with van der Waals surface area (Å²) in [6, 6.07) is -0.429. The number of hydrogen-bond donors (Lipinski definition) is 2. The monoisotopic (exact) mass is 228 g/mol. The first-order chi connectivity index (χ1) is 7.52. The Morgan fingerprint density at radius 1 is 1.50 bits per heavy atom. The van der Waals surface area contributed by atoms with Gasteiger partial charge in [-0.3, -0.25) is 4.79 Å². The maximum atomic E-state index is 11.4. The normalized spacial score (nSPS) is 27.8. The zero-order valence-electron chi connectivity index (χ0n) is 10.5. The summed E-state index contributed by atoms with van der Waals surface area (Å²) in [4.78, 5) is 11.4. The van der Waals surface area contributed by atoms with E-state index >= 15 is 0 Å². The molecule has 0 radical (unpaired) electrons. The largest absolute Gasteiger partial charge is 0.378 e. The van der Waals surface area contributed by atoms with Crippen LogP contribution in [0.1, 0.15) is 33.6 Å². The zero-order chi connectivity index (χ0) is 12.1. The quantitative estimate of drug-likeness (QED) is 0.751. The van der Waals surface area contributed by atoms with Gasteiger partial charge in [0.2, 0.25) is 5.91 Å². The lowest BCUT2D eigenvalue weighted by Crippen LogP contribution is -2.45. The fourth-order valence-electron chi connectivity index (χ4n) is 2.21. The first-order valence-corrected chi connectivity index (χ1v) is 6.17. The van der Waals surface area contributed by atoms with Gasteiger partial charge in [-0.15, -0.1) is 0 Å². The molecule has 94 valence electrons. The Balaban J connectivity index is 2.41. The Morgan fingerprint density at radius 2 is 2.19 bits per heavy atom. The first kappa shape index (κ1) is 13.5. The van der Waals surface area contributed by atoms with E-state index in [0.29, 0.717) is 18.4 Å². The van der Waals surface area contributed by atoms with Gasteiger partial charge in [-0.1, -0.05) is 13.8 Å². The number of rotatable bonds is 4. The van der Waals surface area contributed by atoms with Crippen molar-refractivity contribution in [3.63, 3.8) is 0 Å². The summed E-state index contributed by atoms with van der Waals surface area (Å²) in [6.07, 6.45) is 2.48. The third-order valence-electron chi connectivity index (χ3n) is 3.10. The Morgan fingerprint density at radius 3 is 2.75 bits per heavy atom. The topological polar surface area (TPSA) is 64.3 Å². The molecule has 0 aromatic rings. The van der Waals surface area contributed by atoms with E-state index in [0.717, 1.165) is 19.4 Å². The minimum Gasteiger partial charge on any atom is -0.378 e. The molecule has 2 unspecified atom stereocenters. The van der Waals surface area contributed by atoms with Gasteiger partial charge in [0.1, 0.15) is 0 Å². The molecule has 1 saturated heterocycles. The number of nitrogens with two attached hydrogens (primary N) is 1. The molecular weight excluding hydrogens is 204 g/mol. The molecule has 1 rings (SSSR count). The summed E-state index contributed by atoms with van der Waals surface area (Å²) < 4.78 is 5.76. The molecule has 3 N–H and O–H groups in total. The number of amides is 1. The second kappa shape index (κ2) is 6.21.